The number of nitrogens with one attached hydrogen (secondary N) is 3. The molecule has 1 heterocycles. The second-order valence-corrected chi connectivity index (χ2v) is 11.8. The van der Waals surface area contributed by atoms with E-state index in [1.807, 2.05) is 6.07 Å². The Bertz CT molecular complexity index is 963. The molecule has 3 aliphatic rings. The van der Waals surface area contributed by atoms with Crippen molar-refractivity contribution in [1.82, 2.24) is 20.9 Å². The number of likely N-dealkylation sites (N-methyl/N-ethyl adjacent to an activating group) is 1. The molecule has 3 rings (SSSR count). The van der Waals surface area contributed by atoms with Gasteiger partial charge in [-0.3, -0.25) is 19.2 Å². The highest BCUT2D eigenvalue weighted by Gasteiger charge is 2.49. The second-order valence-electron chi connectivity index (χ2n) is 11.8. The van der Waals surface area contributed by atoms with Crippen LogP contribution in [0, 0.1) is 28.6 Å². The molecule has 0 aromatic rings. The van der Waals surface area contributed by atoms with E-state index in [4.69, 9.17) is 0 Å². The molecule has 9 nitrogen and oxygen atoms in total. The summed E-state index contributed by atoms with van der Waals surface area (Å²) >= 11 is 0. The molecule has 0 radical (unpaired) electrons. The molecule has 2 saturated carbocycles. The van der Waals surface area contributed by atoms with Gasteiger partial charge < -0.3 is 20.9 Å². The predicted molar refractivity (Wildman–Crippen MR) is 126 cm³/mol. The minimum atomic E-state index is -5.17. The molecule has 206 valence electrons. The summed E-state index contributed by atoms with van der Waals surface area (Å²) in [5, 5.41) is 17.1. The fraction of sp³-hybridized carbons (Fsp3) is 0.800. The van der Waals surface area contributed by atoms with Crippen LogP contribution in [0.1, 0.15) is 72.1 Å². The van der Waals surface area contributed by atoms with E-state index in [9.17, 15) is 37.6 Å². The average Bonchev–Trinajstić information content (AvgIpc) is 3.72. The number of piperidine rings is 1. The predicted octanol–water partition coefficient (Wildman–Crippen LogP) is 2.16. The van der Waals surface area contributed by atoms with Crippen molar-refractivity contribution in [1.29, 1.82) is 5.26 Å². The van der Waals surface area contributed by atoms with Gasteiger partial charge in [-0.1, -0.05) is 33.6 Å². The van der Waals surface area contributed by atoms with Crippen LogP contribution in [0.4, 0.5) is 13.2 Å². The Morgan fingerprint density at radius 3 is 2.19 bits per heavy atom. The Hall–Kier alpha value is -2.84. The van der Waals surface area contributed by atoms with Gasteiger partial charge in [-0.25, -0.2) is 0 Å². The molecule has 0 aromatic heterocycles. The van der Waals surface area contributed by atoms with E-state index in [0.29, 0.717) is 6.42 Å². The van der Waals surface area contributed by atoms with Crippen molar-refractivity contribution in [3.8, 4) is 6.07 Å². The third kappa shape index (κ3) is 7.36. The quantitative estimate of drug-likeness (QED) is 0.423. The minimum Gasteiger partial charge on any atom is -0.350 e. The van der Waals surface area contributed by atoms with E-state index < -0.39 is 53.4 Å². The van der Waals surface area contributed by atoms with Crippen LogP contribution in [0.15, 0.2) is 0 Å². The highest BCUT2D eigenvalue weighted by atomic mass is 19.4. The molecular weight excluding hydrogens is 491 g/mol. The first-order chi connectivity index (χ1) is 17.1. The van der Waals surface area contributed by atoms with E-state index in [2.05, 4.69) is 10.6 Å². The number of nitrogens with zero attached hydrogens (tertiary/aromatic N) is 2. The van der Waals surface area contributed by atoms with E-state index in [0.717, 1.165) is 37.0 Å². The number of hydrogen-bond donors (Lipinski definition) is 3. The molecule has 1 aliphatic heterocycles. The van der Waals surface area contributed by atoms with Crippen molar-refractivity contribution >= 4 is 23.6 Å². The number of hydrogen-bond acceptors (Lipinski definition) is 5. The summed E-state index contributed by atoms with van der Waals surface area (Å²) in [5.41, 5.74) is -1.17. The van der Waals surface area contributed by atoms with E-state index in [1.54, 1.807) is 5.32 Å². The molecule has 0 bridgehead atoms. The van der Waals surface area contributed by atoms with Crippen molar-refractivity contribution in [2.75, 3.05) is 7.05 Å². The van der Waals surface area contributed by atoms with Crippen molar-refractivity contribution in [3.05, 3.63) is 0 Å². The summed E-state index contributed by atoms with van der Waals surface area (Å²) in [6.45, 7) is 4.55. The van der Waals surface area contributed by atoms with Gasteiger partial charge in [0, 0.05) is 18.5 Å². The van der Waals surface area contributed by atoms with Crippen molar-refractivity contribution in [2.45, 2.75) is 102 Å². The van der Waals surface area contributed by atoms with Gasteiger partial charge in [-0.2, -0.15) is 18.4 Å². The minimum absolute atomic E-state index is 0.0947. The van der Waals surface area contributed by atoms with E-state index in [1.165, 1.54) is 27.8 Å². The number of rotatable bonds is 9. The number of amides is 4. The first-order valence-corrected chi connectivity index (χ1v) is 12.7. The number of alkyl halides is 3. The van der Waals surface area contributed by atoms with E-state index >= 15 is 0 Å². The van der Waals surface area contributed by atoms with Gasteiger partial charge >= 0.3 is 12.1 Å². The molecule has 12 heteroatoms. The lowest BCUT2D eigenvalue weighted by Crippen LogP contribution is -2.60. The molecule has 37 heavy (non-hydrogen) atoms. The zero-order valence-electron chi connectivity index (χ0n) is 21.7. The third-order valence-corrected chi connectivity index (χ3v) is 7.59. The fourth-order valence-corrected chi connectivity index (χ4v) is 4.78. The van der Waals surface area contributed by atoms with Crippen LogP contribution in [0.5, 0.6) is 0 Å². The molecule has 1 saturated heterocycles. The van der Waals surface area contributed by atoms with Crippen LogP contribution < -0.4 is 16.0 Å². The molecule has 1 spiro atoms. The third-order valence-electron chi connectivity index (χ3n) is 7.59. The molecule has 3 N–H and O–H groups in total. The van der Waals surface area contributed by atoms with Crippen LogP contribution >= 0.6 is 0 Å². The molecule has 4 atom stereocenters. The lowest BCUT2D eigenvalue weighted by atomic mass is 9.85. The van der Waals surface area contributed by atoms with Crippen LogP contribution in [-0.2, 0) is 19.2 Å². The summed E-state index contributed by atoms with van der Waals surface area (Å²) in [4.78, 5) is 51.8. The van der Waals surface area contributed by atoms with Gasteiger partial charge in [0.25, 0.3) is 0 Å². The lowest BCUT2D eigenvalue weighted by molar-refractivity contribution is -0.176. The number of halogens is 3. The zero-order valence-corrected chi connectivity index (χ0v) is 21.7. The largest absolute Gasteiger partial charge is 0.471 e. The molecule has 3 fully saturated rings. The Balaban J connectivity index is 1.70. The van der Waals surface area contributed by atoms with Gasteiger partial charge in [0.2, 0.25) is 17.7 Å². The molecule has 2 aliphatic carbocycles. The molecule has 4 amide bonds. The highest BCUT2D eigenvalue weighted by molar-refractivity contribution is 5.93. The summed E-state index contributed by atoms with van der Waals surface area (Å²) in [7, 11) is 1.32. The average molecular weight is 528 g/mol. The van der Waals surface area contributed by atoms with Gasteiger partial charge in [0.05, 0.1) is 6.07 Å². The first kappa shape index (κ1) is 28.7. The molecular formula is C25H36F3N5O4. The second kappa shape index (κ2) is 10.5. The Labute approximate surface area is 214 Å². The van der Waals surface area contributed by atoms with Crippen LogP contribution in [0.25, 0.3) is 0 Å². The van der Waals surface area contributed by atoms with Crippen molar-refractivity contribution in [3.63, 3.8) is 0 Å². The van der Waals surface area contributed by atoms with Crippen LogP contribution in [-0.4, -0.2) is 65.4 Å². The maximum atomic E-state index is 13.3. The van der Waals surface area contributed by atoms with Crippen molar-refractivity contribution in [2.24, 2.45) is 17.3 Å². The maximum Gasteiger partial charge on any atom is 0.471 e. The Morgan fingerprint density at radius 1 is 1.11 bits per heavy atom. The fourth-order valence-electron chi connectivity index (χ4n) is 4.78. The Kier molecular flexibility index (Phi) is 8.15. The van der Waals surface area contributed by atoms with Crippen LogP contribution in [0.2, 0.25) is 0 Å². The summed E-state index contributed by atoms with van der Waals surface area (Å²) in [6, 6.07) is -1.52. The first-order valence-electron chi connectivity index (χ1n) is 12.7. The topological polar surface area (TPSA) is 131 Å². The van der Waals surface area contributed by atoms with Gasteiger partial charge in [0.1, 0.15) is 18.1 Å². The van der Waals surface area contributed by atoms with Gasteiger partial charge in [0.15, 0.2) is 0 Å². The highest BCUT2D eigenvalue weighted by Crippen LogP contribution is 2.44. The summed E-state index contributed by atoms with van der Waals surface area (Å²) in [6.07, 6.45) is 0.295. The maximum absolute atomic E-state index is 13.3. The SMILES string of the molecule is CN(C(=O)[C@@H](NC(=O)C(F)(F)F)C(C)(C)C)[C@@H](CC1CC1)C(=O)N[C@H](C#N)C[C@@H]1CCC2(CC2)NC1=O. The number of carbonyl (C=O) groups is 4. The number of carbonyl (C=O) groups excluding carboxylic acids is 4. The zero-order chi connectivity index (χ0) is 27.8. The normalized spacial score (nSPS) is 23.2. The van der Waals surface area contributed by atoms with Gasteiger partial charge in [-0.05, 0) is 49.9 Å². The summed E-state index contributed by atoms with van der Waals surface area (Å²) in [5.74, 6) is -4.06. The summed E-state index contributed by atoms with van der Waals surface area (Å²) < 4.78 is 38.8. The van der Waals surface area contributed by atoms with Crippen molar-refractivity contribution < 1.29 is 32.3 Å². The Morgan fingerprint density at radius 2 is 1.73 bits per heavy atom. The monoisotopic (exact) mass is 527 g/mol. The smallest absolute Gasteiger partial charge is 0.350 e. The molecule has 0 unspecified atom stereocenters. The van der Waals surface area contributed by atoms with Gasteiger partial charge in [-0.15, -0.1) is 0 Å². The number of nitriles is 1. The van der Waals surface area contributed by atoms with E-state index in [-0.39, 0.29) is 30.2 Å². The molecule has 0 aromatic carbocycles. The standard InChI is InChI=1S/C25H36F3N5O4/c1-23(2,3)18(31-22(37)25(26,27)28)21(36)33(4)17(11-14-5-6-14)20(35)30-16(13-29)12-15-7-8-24(9-10-24)32-19(15)34/h14-18H,5-12H2,1-4H3,(H,30,35)(H,31,37)(H,32,34)/t15-,16-,17-,18+/m0/s1. The van der Waals surface area contributed by atoms with Crippen LogP contribution in [0.3, 0.4) is 0 Å². The lowest BCUT2D eigenvalue weighted by Gasteiger charge is -2.37.